The van der Waals surface area contributed by atoms with E-state index in [9.17, 15) is 4.79 Å². The number of benzene rings is 1. The molecular formula is C16H22O2. The Balaban J connectivity index is 2.69. The highest BCUT2D eigenvalue weighted by molar-refractivity contribution is 5.75. The van der Waals surface area contributed by atoms with Crippen molar-refractivity contribution in [3.63, 3.8) is 0 Å². The summed E-state index contributed by atoms with van der Waals surface area (Å²) in [5.41, 5.74) is 1.92. The Morgan fingerprint density at radius 1 is 1.39 bits per heavy atom. The number of aryl methyl sites for hydroxylation is 1. The summed E-state index contributed by atoms with van der Waals surface area (Å²) in [7, 11) is 0. The number of carbonyl (C=O) groups excluding carboxylic acids is 1. The van der Waals surface area contributed by atoms with Crippen LogP contribution in [0.3, 0.4) is 0 Å². The standard InChI is InChI=1S/C16H22O2/c1-5-13-9-7-8-10-14(13)11-12-16(3,4)15(17)18-6-2/h5,7-10H,1,6,11-12H2,2-4H3. The summed E-state index contributed by atoms with van der Waals surface area (Å²) in [6.07, 6.45) is 3.48. The molecule has 2 nitrogen and oxygen atoms in total. The first-order valence-electron chi connectivity index (χ1n) is 6.39. The first-order valence-corrected chi connectivity index (χ1v) is 6.39. The Morgan fingerprint density at radius 3 is 2.67 bits per heavy atom. The number of carbonyl (C=O) groups is 1. The second-order valence-electron chi connectivity index (χ2n) is 5.01. The van der Waals surface area contributed by atoms with Gasteiger partial charge in [0.05, 0.1) is 12.0 Å². The van der Waals surface area contributed by atoms with Crippen LogP contribution in [0.2, 0.25) is 0 Å². The van der Waals surface area contributed by atoms with Gasteiger partial charge in [0.2, 0.25) is 0 Å². The molecule has 2 heteroatoms. The second kappa shape index (κ2) is 6.39. The molecular weight excluding hydrogens is 224 g/mol. The summed E-state index contributed by atoms with van der Waals surface area (Å²) >= 11 is 0. The normalized spacial score (nSPS) is 11.1. The van der Waals surface area contributed by atoms with Gasteiger partial charge in [-0.25, -0.2) is 0 Å². The predicted octanol–water partition coefficient (Wildman–Crippen LogP) is 3.85. The van der Waals surface area contributed by atoms with E-state index in [-0.39, 0.29) is 5.97 Å². The lowest BCUT2D eigenvalue weighted by Crippen LogP contribution is -2.27. The van der Waals surface area contributed by atoms with Crippen molar-refractivity contribution in [1.29, 1.82) is 0 Å². The molecule has 1 rings (SSSR count). The third kappa shape index (κ3) is 3.73. The van der Waals surface area contributed by atoms with E-state index in [1.807, 2.05) is 45.0 Å². The van der Waals surface area contributed by atoms with Gasteiger partial charge in [0.25, 0.3) is 0 Å². The molecule has 0 saturated carbocycles. The zero-order chi connectivity index (χ0) is 13.6. The monoisotopic (exact) mass is 246 g/mol. The zero-order valence-corrected chi connectivity index (χ0v) is 11.5. The van der Waals surface area contributed by atoms with Crippen LogP contribution < -0.4 is 0 Å². The second-order valence-corrected chi connectivity index (χ2v) is 5.01. The van der Waals surface area contributed by atoms with Crippen LogP contribution in [-0.2, 0) is 16.0 Å². The third-order valence-corrected chi connectivity index (χ3v) is 3.12. The molecule has 0 aliphatic carbocycles. The number of rotatable bonds is 6. The minimum Gasteiger partial charge on any atom is -0.466 e. The molecule has 0 aromatic heterocycles. The van der Waals surface area contributed by atoms with E-state index in [4.69, 9.17) is 4.74 Å². The minimum absolute atomic E-state index is 0.124. The van der Waals surface area contributed by atoms with E-state index in [0.29, 0.717) is 6.61 Å². The average Bonchev–Trinajstić information content (AvgIpc) is 2.37. The van der Waals surface area contributed by atoms with Crippen molar-refractivity contribution in [1.82, 2.24) is 0 Å². The molecule has 0 N–H and O–H groups in total. The van der Waals surface area contributed by atoms with Gasteiger partial charge < -0.3 is 4.74 Å². The molecule has 1 aromatic rings. The fourth-order valence-corrected chi connectivity index (χ4v) is 1.84. The molecule has 0 bridgehead atoms. The van der Waals surface area contributed by atoms with Crippen LogP contribution in [0.5, 0.6) is 0 Å². The van der Waals surface area contributed by atoms with Gasteiger partial charge in [-0.3, -0.25) is 4.79 Å². The molecule has 0 aliphatic heterocycles. The molecule has 0 radical (unpaired) electrons. The Labute approximate surface area is 110 Å². The number of esters is 1. The topological polar surface area (TPSA) is 26.3 Å². The van der Waals surface area contributed by atoms with Gasteiger partial charge in [0, 0.05) is 0 Å². The highest BCUT2D eigenvalue weighted by Gasteiger charge is 2.28. The Kier molecular flexibility index (Phi) is 5.14. The van der Waals surface area contributed by atoms with Crippen molar-refractivity contribution in [2.24, 2.45) is 5.41 Å². The van der Waals surface area contributed by atoms with Crippen molar-refractivity contribution < 1.29 is 9.53 Å². The van der Waals surface area contributed by atoms with Crippen LogP contribution in [0.25, 0.3) is 6.08 Å². The van der Waals surface area contributed by atoms with E-state index >= 15 is 0 Å². The van der Waals surface area contributed by atoms with E-state index in [1.165, 1.54) is 5.56 Å². The molecule has 0 heterocycles. The maximum absolute atomic E-state index is 11.8. The summed E-state index contributed by atoms with van der Waals surface area (Å²) in [6, 6.07) is 8.13. The van der Waals surface area contributed by atoms with Crippen LogP contribution in [0.15, 0.2) is 30.8 Å². The molecule has 98 valence electrons. The summed E-state index contributed by atoms with van der Waals surface area (Å²) < 4.78 is 5.09. The van der Waals surface area contributed by atoms with Crippen molar-refractivity contribution in [2.75, 3.05) is 6.61 Å². The SMILES string of the molecule is C=Cc1ccccc1CCC(C)(C)C(=O)OCC. The van der Waals surface area contributed by atoms with Crippen LogP contribution in [0.1, 0.15) is 38.3 Å². The van der Waals surface area contributed by atoms with Crippen molar-refractivity contribution in [3.8, 4) is 0 Å². The first-order chi connectivity index (χ1) is 8.51. The number of ether oxygens (including phenoxy) is 1. The van der Waals surface area contributed by atoms with E-state index in [2.05, 4.69) is 12.6 Å². The predicted molar refractivity (Wildman–Crippen MR) is 75.3 cm³/mol. The zero-order valence-electron chi connectivity index (χ0n) is 11.5. The Hall–Kier alpha value is -1.57. The lowest BCUT2D eigenvalue weighted by molar-refractivity contribution is -0.153. The molecule has 0 unspecified atom stereocenters. The van der Waals surface area contributed by atoms with E-state index in [1.54, 1.807) is 0 Å². The number of hydrogen-bond donors (Lipinski definition) is 0. The fraction of sp³-hybridized carbons (Fsp3) is 0.438. The lowest BCUT2D eigenvalue weighted by atomic mass is 9.85. The van der Waals surface area contributed by atoms with Crippen LogP contribution >= 0.6 is 0 Å². The summed E-state index contributed by atoms with van der Waals surface area (Å²) in [6.45, 7) is 9.94. The smallest absolute Gasteiger partial charge is 0.311 e. The molecule has 0 saturated heterocycles. The molecule has 0 amide bonds. The van der Waals surface area contributed by atoms with Crippen LogP contribution in [0.4, 0.5) is 0 Å². The summed E-state index contributed by atoms with van der Waals surface area (Å²) in [5, 5.41) is 0. The van der Waals surface area contributed by atoms with Gasteiger partial charge in [0.1, 0.15) is 0 Å². The highest BCUT2D eigenvalue weighted by Crippen LogP contribution is 2.26. The van der Waals surface area contributed by atoms with Gasteiger partial charge in [-0.15, -0.1) is 0 Å². The Morgan fingerprint density at radius 2 is 2.06 bits per heavy atom. The summed E-state index contributed by atoms with van der Waals surface area (Å²) in [4.78, 5) is 11.8. The molecule has 18 heavy (non-hydrogen) atoms. The van der Waals surface area contributed by atoms with Gasteiger partial charge >= 0.3 is 5.97 Å². The van der Waals surface area contributed by atoms with Crippen molar-refractivity contribution in [3.05, 3.63) is 42.0 Å². The van der Waals surface area contributed by atoms with Crippen molar-refractivity contribution >= 4 is 12.0 Å². The van der Waals surface area contributed by atoms with E-state index in [0.717, 1.165) is 18.4 Å². The molecule has 1 aromatic carbocycles. The third-order valence-electron chi connectivity index (χ3n) is 3.12. The van der Waals surface area contributed by atoms with Crippen LogP contribution in [0, 0.1) is 5.41 Å². The Bertz CT molecular complexity index is 419. The van der Waals surface area contributed by atoms with Gasteiger partial charge in [-0.1, -0.05) is 36.9 Å². The minimum atomic E-state index is -0.440. The first kappa shape index (κ1) is 14.5. The maximum Gasteiger partial charge on any atom is 0.311 e. The molecule has 0 aliphatic rings. The molecule has 0 atom stereocenters. The lowest BCUT2D eigenvalue weighted by Gasteiger charge is -2.22. The van der Waals surface area contributed by atoms with Crippen molar-refractivity contribution in [2.45, 2.75) is 33.6 Å². The van der Waals surface area contributed by atoms with Gasteiger partial charge in [0.15, 0.2) is 0 Å². The van der Waals surface area contributed by atoms with Gasteiger partial charge in [-0.2, -0.15) is 0 Å². The maximum atomic E-state index is 11.8. The van der Waals surface area contributed by atoms with Gasteiger partial charge in [-0.05, 0) is 44.7 Å². The average molecular weight is 246 g/mol. The summed E-state index contributed by atoms with van der Waals surface area (Å²) in [5.74, 6) is -0.124. The number of hydrogen-bond acceptors (Lipinski definition) is 2. The quantitative estimate of drug-likeness (QED) is 0.713. The van der Waals surface area contributed by atoms with Crippen LogP contribution in [-0.4, -0.2) is 12.6 Å². The molecule has 0 spiro atoms. The fourth-order valence-electron chi connectivity index (χ4n) is 1.84. The largest absolute Gasteiger partial charge is 0.466 e. The molecule has 0 fully saturated rings. The van der Waals surface area contributed by atoms with E-state index < -0.39 is 5.41 Å². The highest BCUT2D eigenvalue weighted by atomic mass is 16.5.